The molecule has 1 aliphatic rings. The quantitative estimate of drug-likeness (QED) is 0.568. The van der Waals surface area contributed by atoms with Gasteiger partial charge >= 0.3 is 6.03 Å². The number of hydrogen-bond donors (Lipinski definition) is 3. The third-order valence-electron chi connectivity index (χ3n) is 2.30. The van der Waals surface area contributed by atoms with Crippen LogP contribution in [0.25, 0.3) is 6.08 Å². The van der Waals surface area contributed by atoms with E-state index in [4.69, 9.17) is 4.74 Å². The van der Waals surface area contributed by atoms with Gasteiger partial charge in [-0.1, -0.05) is 0 Å². The Kier molecular flexibility index (Phi) is 3.24. The lowest BCUT2D eigenvalue weighted by Crippen LogP contribution is -2.22. The molecule has 2 rings (SSSR count). The Bertz CT molecular complexity index is 568. The molecule has 7 heteroatoms. The van der Waals surface area contributed by atoms with Gasteiger partial charge in [0.2, 0.25) is 0 Å². The number of urea groups is 1. The molecule has 3 N–H and O–H groups in total. The summed E-state index contributed by atoms with van der Waals surface area (Å²) in [5.74, 6) is -0.260. The Morgan fingerprint density at radius 1 is 1.33 bits per heavy atom. The van der Waals surface area contributed by atoms with Crippen LogP contribution in [0.1, 0.15) is 5.56 Å². The highest BCUT2D eigenvalue weighted by atomic mass is 79.9. The van der Waals surface area contributed by atoms with E-state index in [0.717, 1.165) is 0 Å². The Labute approximate surface area is 111 Å². The number of hydrogen-bond acceptors (Lipinski definition) is 4. The summed E-state index contributed by atoms with van der Waals surface area (Å²) >= 11 is 3.17. The maximum absolute atomic E-state index is 11.3. The minimum atomic E-state index is -0.559. The second kappa shape index (κ2) is 4.69. The highest BCUT2D eigenvalue weighted by molar-refractivity contribution is 9.10. The number of imide groups is 1. The van der Waals surface area contributed by atoms with E-state index in [1.807, 2.05) is 0 Å². The number of rotatable bonds is 2. The van der Waals surface area contributed by atoms with Gasteiger partial charge in [-0.2, -0.15) is 0 Å². The maximum Gasteiger partial charge on any atom is 0.326 e. The van der Waals surface area contributed by atoms with Crippen molar-refractivity contribution in [2.24, 2.45) is 0 Å². The normalized spacial score (nSPS) is 16.7. The molecule has 0 saturated carbocycles. The molecule has 1 saturated heterocycles. The monoisotopic (exact) mass is 312 g/mol. The van der Waals surface area contributed by atoms with Gasteiger partial charge < -0.3 is 15.2 Å². The number of nitrogens with one attached hydrogen (secondary N) is 2. The summed E-state index contributed by atoms with van der Waals surface area (Å²) in [5, 5.41) is 14.1. The van der Waals surface area contributed by atoms with Crippen LogP contribution in [-0.4, -0.2) is 24.2 Å². The van der Waals surface area contributed by atoms with Crippen molar-refractivity contribution in [2.45, 2.75) is 0 Å². The molecule has 1 heterocycles. The molecular formula is C11H9BrN2O4. The van der Waals surface area contributed by atoms with E-state index in [9.17, 15) is 14.7 Å². The molecule has 0 spiro atoms. The van der Waals surface area contributed by atoms with Crippen LogP contribution in [0.15, 0.2) is 22.3 Å². The van der Waals surface area contributed by atoms with Gasteiger partial charge in [0.1, 0.15) is 5.70 Å². The predicted molar refractivity (Wildman–Crippen MR) is 67.0 cm³/mol. The van der Waals surface area contributed by atoms with Gasteiger partial charge in [0.15, 0.2) is 11.5 Å². The third-order valence-corrected chi connectivity index (χ3v) is 2.91. The first-order chi connectivity index (χ1) is 8.51. The van der Waals surface area contributed by atoms with Crippen molar-refractivity contribution < 1.29 is 19.4 Å². The second-order valence-corrected chi connectivity index (χ2v) is 4.37. The molecule has 0 bridgehead atoms. The fourth-order valence-electron chi connectivity index (χ4n) is 1.48. The molecule has 1 aromatic rings. The molecule has 1 fully saturated rings. The van der Waals surface area contributed by atoms with Crippen LogP contribution in [0.2, 0.25) is 0 Å². The Balaban J connectivity index is 2.41. The van der Waals surface area contributed by atoms with Crippen LogP contribution in [0, 0.1) is 0 Å². The first kappa shape index (κ1) is 12.4. The average Bonchev–Trinajstić information content (AvgIpc) is 2.62. The number of carbonyl (C=O) groups is 2. The predicted octanol–water partition coefficient (Wildman–Crippen LogP) is 1.34. The van der Waals surface area contributed by atoms with Gasteiger partial charge in [-0.3, -0.25) is 10.1 Å². The van der Waals surface area contributed by atoms with Crippen LogP contribution in [0.3, 0.4) is 0 Å². The lowest BCUT2D eigenvalue weighted by molar-refractivity contribution is -0.115. The van der Waals surface area contributed by atoms with Crippen molar-refractivity contribution in [3.63, 3.8) is 0 Å². The molecular weight excluding hydrogens is 304 g/mol. The number of halogens is 1. The Morgan fingerprint density at radius 2 is 2.06 bits per heavy atom. The van der Waals surface area contributed by atoms with Crippen molar-refractivity contribution in [1.82, 2.24) is 10.6 Å². The van der Waals surface area contributed by atoms with Gasteiger partial charge in [-0.05, 0) is 39.7 Å². The SMILES string of the molecule is COc1cc(C=C2NC(=O)NC2=O)cc(Br)c1O. The number of phenolic OH excluding ortho intramolecular Hbond substituents is 1. The number of carbonyl (C=O) groups excluding carboxylic acids is 2. The standard InChI is InChI=1S/C11H9BrN2O4/c1-18-8-4-5(2-6(12)9(8)15)3-7-10(16)14-11(17)13-7/h2-4,15H,1H3,(H2,13,14,16,17). The molecule has 1 aliphatic heterocycles. The van der Waals surface area contributed by atoms with Crippen LogP contribution in [-0.2, 0) is 4.79 Å². The molecule has 6 nitrogen and oxygen atoms in total. The summed E-state index contributed by atoms with van der Waals surface area (Å²) < 4.78 is 5.41. The number of ether oxygens (including phenoxy) is 1. The molecule has 0 aromatic heterocycles. The second-order valence-electron chi connectivity index (χ2n) is 3.52. The highest BCUT2D eigenvalue weighted by Gasteiger charge is 2.23. The third kappa shape index (κ3) is 2.30. The number of methoxy groups -OCH3 is 1. The number of aromatic hydroxyl groups is 1. The minimum absolute atomic E-state index is 0.0282. The zero-order chi connectivity index (χ0) is 13.3. The summed E-state index contributed by atoms with van der Waals surface area (Å²) in [6.07, 6.45) is 1.48. The van der Waals surface area contributed by atoms with Gasteiger partial charge in [-0.15, -0.1) is 0 Å². The van der Waals surface area contributed by atoms with Crippen molar-refractivity contribution in [3.05, 3.63) is 27.9 Å². The Morgan fingerprint density at radius 3 is 2.61 bits per heavy atom. The number of amides is 3. The number of benzene rings is 1. The molecule has 1 aromatic carbocycles. The zero-order valence-corrected chi connectivity index (χ0v) is 10.9. The van der Waals surface area contributed by atoms with Crippen molar-refractivity contribution >= 4 is 33.9 Å². The van der Waals surface area contributed by atoms with E-state index >= 15 is 0 Å². The molecule has 18 heavy (non-hydrogen) atoms. The van der Waals surface area contributed by atoms with E-state index in [2.05, 4.69) is 26.6 Å². The van der Waals surface area contributed by atoms with Gasteiger partial charge in [0.25, 0.3) is 5.91 Å². The van der Waals surface area contributed by atoms with Crippen LogP contribution in [0.5, 0.6) is 11.5 Å². The van der Waals surface area contributed by atoms with E-state index < -0.39 is 11.9 Å². The molecule has 0 radical (unpaired) electrons. The van der Waals surface area contributed by atoms with Gasteiger partial charge in [0.05, 0.1) is 11.6 Å². The summed E-state index contributed by atoms with van der Waals surface area (Å²) in [5.41, 5.74) is 0.739. The van der Waals surface area contributed by atoms with Crippen molar-refractivity contribution in [2.75, 3.05) is 7.11 Å². The first-order valence-corrected chi connectivity index (χ1v) is 5.71. The van der Waals surface area contributed by atoms with Crippen molar-refractivity contribution in [3.8, 4) is 11.5 Å². The molecule has 94 valence electrons. The van der Waals surface area contributed by atoms with Crippen LogP contribution < -0.4 is 15.4 Å². The lowest BCUT2D eigenvalue weighted by Gasteiger charge is -2.06. The van der Waals surface area contributed by atoms with Gasteiger partial charge in [-0.25, -0.2) is 4.79 Å². The fraction of sp³-hybridized carbons (Fsp3) is 0.0909. The summed E-state index contributed by atoms with van der Waals surface area (Å²) in [7, 11) is 1.42. The van der Waals surface area contributed by atoms with Crippen LogP contribution >= 0.6 is 15.9 Å². The lowest BCUT2D eigenvalue weighted by atomic mass is 10.1. The van der Waals surface area contributed by atoms with E-state index in [0.29, 0.717) is 10.0 Å². The maximum atomic E-state index is 11.3. The first-order valence-electron chi connectivity index (χ1n) is 4.92. The average molecular weight is 313 g/mol. The Hall–Kier alpha value is -2.02. The largest absolute Gasteiger partial charge is 0.503 e. The van der Waals surface area contributed by atoms with E-state index in [-0.39, 0.29) is 17.2 Å². The molecule has 0 aliphatic carbocycles. The minimum Gasteiger partial charge on any atom is -0.503 e. The molecule has 0 unspecified atom stereocenters. The molecule has 0 atom stereocenters. The summed E-state index contributed by atoms with van der Waals surface area (Å²) in [4.78, 5) is 22.3. The van der Waals surface area contributed by atoms with Crippen LogP contribution in [0.4, 0.5) is 4.79 Å². The number of phenols is 1. The zero-order valence-electron chi connectivity index (χ0n) is 9.28. The molecule has 3 amide bonds. The fourth-order valence-corrected chi connectivity index (χ4v) is 1.94. The topological polar surface area (TPSA) is 87.7 Å². The van der Waals surface area contributed by atoms with Crippen molar-refractivity contribution in [1.29, 1.82) is 0 Å². The smallest absolute Gasteiger partial charge is 0.326 e. The van der Waals surface area contributed by atoms with Gasteiger partial charge in [0, 0.05) is 0 Å². The highest BCUT2D eigenvalue weighted by Crippen LogP contribution is 2.35. The summed E-state index contributed by atoms with van der Waals surface area (Å²) in [6, 6.07) is 2.59. The summed E-state index contributed by atoms with van der Waals surface area (Å²) in [6.45, 7) is 0. The van der Waals surface area contributed by atoms with E-state index in [1.54, 1.807) is 12.1 Å². The van der Waals surface area contributed by atoms with E-state index in [1.165, 1.54) is 13.2 Å².